The van der Waals surface area contributed by atoms with Crippen LogP contribution in [0.2, 0.25) is 0 Å². The SMILES string of the molecule is C.Cl[TeH]1(Cl)(Cl)OCCO1.[NH4+]. The summed E-state index contributed by atoms with van der Waals surface area (Å²) in [5, 5.41) is 0. The van der Waals surface area contributed by atoms with Crippen LogP contribution in [0.1, 0.15) is 7.43 Å². The molecule has 3 nitrogen and oxygen atoms in total. The van der Waals surface area contributed by atoms with Gasteiger partial charge in [-0.1, -0.05) is 7.43 Å². The number of rotatable bonds is 0. The van der Waals surface area contributed by atoms with Gasteiger partial charge in [0.15, 0.2) is 0 Å². The molecule has 1 saturated heterocycles. The van der Waals surface area contributed by atoms with E-state index >= 15 is 0 Å². The van der Waals surface area contributed by atoms with Crippen LogP contribution in [0.3, 0.4) is 0 Å². The maximum absolute atomic E-state index is 5.51. The molecule has 1 fully saturated rings. The third-order valence-electron chi connectivity index (χ3n) is 0.664. The molecule has 1 aliphatic heterocycles. The van der Waals surface area contributed by atoms with E-state index in [-0.39, 0.29) is 13.6 Å². The van der Waals surface area contributed by atoms with E-state index in [2.05, 4.69) is 0 Å². The van der Waals surface area contributed by atoms with Crippen molar-refractivity contribution in [1.29, 1.82) is 0 Å². The van der Waals surface area contributed by atoms with Crippen molar-refractivity contribution in [2.75, 3.05) is 13.2 Å². The molecule has 0 saturated carbocycles. The van der Waals surface area contributed by atoms with E-state index in [4.69, 9.17) is 33.1 Å². The number of hydrogen-bond acceptors (Lipinski definition) is 2. The molecule has 0 atom stereocenters. The van der Waals surface area contributed by atoms with Crippen LogP contribution in [0.5, 0.6) is 0 Å². The van der Waals surface area contributed by atoms with Crippen molar-refractivity contribution in [3.05, 3.63) is 0 Å². The van der Waals surface area contributed by atoms with E-state index in [0.29, 0.717) is 13.2 Å². The summed E-state index contributed by atoms with van der Waals surface area (Å²) in [5.74, 6) is 0. The Morgan fingerprint density at radius 3 is 1.40 bits per heavy atom. The van der Waals surface area contributed by atoms with Crippen molar-refractivity contribution in [2.45, 2.75) is 7.43 Å². The predicted octanol–water partition coefficient (Wildman–Crippen LogP) is 2.38. The Labute approximate surface area is 73.8 Å². The van der Waals surface area contributed by atoms with Gasteiger partial charge in [0.25, 0.3) is 0 Å². The summed E-state index contributed by atoms with van der Waals surface area (Å²) in [4.78, 5) is 0. The van der Waals surface area contributed by atoms with Crippen molar-refractivity contribution in [2.24, 2.45) is 0 Å². The molecule has 0 unspecified atom stereocenters. The summed E-state index contributed by atoms with van der Waals surface area (Å²) in [6.07, 6.45) is 0. The average Bonchev–Trinajstić information content (AvgIpc) is 1.81. The summed E-state index contributed by atoms with van der Waals surface area (Å²) >= 11 is -4.28. The van der Waals surface area contributed by atoms with Crippen molar-refractivity contribution in [3.63, 3.8) is 0 Å². The van der Waals surface area contributed by atoms with Crippen LogP contribution in [0.25, 0.3) is 0 Å². The minimum absolute atomic E-state index is 0. The fourth-order valence-electron chi connectivity index (χ4n) is 0.393. The topological polar surface area (TPSA) is 55.0 Å². The molecule has 0 amide bonds. The third kappa shape index (κ3) is 4.42. The number of halogens is 3. The minimum Gasteiger partial charge on any atom is -0.369 e. The van der Waals surface area contributed by atoms with Crippen LogP contribution in [-0.2, 0) is 6.20 Å². The van der Waals surface area contributed by atoms with Gasteiger partial charge in [0.05, 0.1) is 0 Å². The molecular formula is C3H13Cl3NO2Te+. The van der Waals surface area contributed by atoms with Gasteiger partial charge >= 0.3 is 60.6 Å². The second-order valence-electron chi connectivity index (χ2n) is 1.35. The number of hydrogen-bond donors (Lipinski definition) is 1. The van der Waals surface area contributed by atoms with Crippen LogP contribution in [-0.4, -0.2) is 27.5 Å². The molecule has 10 heavy (non-hydrogen) atoms. The van der Waals surface area contributed by atoms with Crippen LogP contribution >= 0.6 is 26.9 Å². The van der Waals surface area contributed by atoms with Gasteiger partial charge in [0.1, 0.15) is 0 Å². The molecule has 1 aliphatic rings. The molecule has 1 rings (SSSR count). The molecule has 4 N–H and O–H groups in total. The zero-order valence-electron chi connectivity index (χ0n) is 4.81. The fourth-order valence-corrected chi connectivity index (χ4v) is 5.42. The Hall–Kier alpha value is 1.54. The van der Waals surface area contributed by atoms with E-state index in [0.717, 1.165) is 0 Å². The first kappa shape index (κ1) is 14.1. The summed E-state index contributed by atoms with van der Waals surface area (Å²) in [5.41, 5.74) is 0. The molecule has 0 radical (unpaired) electrons. The first-order chi connectivity index (χ1) is 3.47. The van der Waals surface area contributed by atoms with Gasteiger partial charge in [-0.15, -0.1) is 0 Å². The summed E-state index contributed by atoms with van der Waals surface area (Å²) < 4.78 is 9.61. The number of quaternary nitrogens is 1. The molecule has 0 spiro atoms. The van der Waals surface area contributed by atoms with Gasteiger partial charge < -0.3 is 6.15 Å². The Morgan fingerprint density at radius 2 is 1.30 bits per heavy atom. The van der Waals surface area contributed by atoms with Crippen molar-refractivity contribution >= 4 is 41.2 Å². The van der Waals surface area contributed by atoms with Crippen molar-refractivity contribution < 1.29 is 6.20 Å². The smallest absolute Gasteiger partial charge is 0.369 e. The Bertz CT molecular complexity index is 104. The van der Waals surface area contributed by atoms with E-state index in [9.17, 15) is 0 Å². The standard InChI is InChI=1S/C2H5Cl3O2Te.CH4.H3N/c3-8(4,5)6-1-2-7-8;;/h8H,1-2H2;1H4;1H3/p+1. The second-order valence-corrected chi connectivity index (χ2v) is 22.5. The van der Waals surface area contributed by atoms with Crippen LogP contribution in [0, 0.1) is 0 Å². The Kier molecular flexibility index (Phi) is 5.59. The summed E-state index contributed by atoms with van der Waals surface area (Å²) in [6, 6.07) is 0. The van der Waals surface area contributed by atoms with Crippen LogP contribution in [0.15, 0.2) is 0 Å². The van der Waals surface area contributed by atoms with Crippen molar-refractivity contribution in [3.8, 4) is 0 Å². The zero-order valence-corrected chi connectivity index (χ0v) is 9.63. The minimum atomic E-state index is -4.28. The van der Waals surface area contributed by atoms with Gasteiger partial charge in [0, 0.05) is 0 Å². The molecule has 0 aliphatic carbocycles. The average molecular weight is 329 g/mol. The maximum atomic E-state index is 5.51. The first-order valence-electron chi connectivity index (χ1n) is 1.95. The molecule has 0 bridgehead atoms. The van der Waals surface area contributed by atoms with E-state index in [1.165, 1.54) is 0 Å². The fraction of sp³-hybridized carbons (Fsp3) is 1.00. The Balaban J connectivity index is 0. The predicted molar refractivity (Wildman–Crippen MR) is 49.3 cm³/mol. The van der Waals surface area contributed by atoms with Crippen LogP contribution < -0.4 is 6.15 Å². The second kappa shape index (κ2) is 3.97. The molecule has 0 aromatic heterocycles. The van der Waals surface area contributed by atoms with Crippen LogP contribution in [0.4, 0.5) is 0 Å². The van der Waals surface area contributed by atoms with Crippen molar-refractivity contribution in [1.82, 2.24) is 6.15 Å². The molecule has 68 valence electrons. The van der Waals surface area contributed by atoms with E-state index in [1.54, 1.807) is 0 Å². The molecule has 0 aromatic rings. The summed E-state index contributed by atoms with van der Waals surface area (Å²) in [7, 11) is 16.5. The quantitative estimate of drug-likeness (QED) is 0.694. The first-order valence-corrected chi connectivity index (χ1v) is 13.7. The van der Waals surface area contributed by atoms with Gasteiger partial charge in [-0.2, -0.15) is 0 Å². The zero-order chi connectivity index (χ0) is 6.28. The van der Waals surface area contributed by atoms with Gasteiger partial charge in [0.2, 0.25) is 0 Å². The third-order valence-corrected chi connectivity index (χ3v) is 7.91. The van der Waals surface area contributed by atoms with E-state index in [1.807, 2.05) is 0 Å². The van der Waals surface area contributed by atoms with E-state index < -0.39 is 14.3 Å². The Morgan fingerprint density at radius 1 is 1.00 bits per heavy atom. The normalized spacial score (nSPS) is 30.5. The van der Waals surface area contributed by atoms with Gasteiger partial charge in [-0.05, 0) is 0 Å². The largest absolute Gasteiger partial charge is 0.369 e. The van der Waals surface area contributed by atoms with Gasteiger partial charge in [-0.25, -0.2) is 0 Å². The summed E-state index contributed by atoms with van der Waals surface area (Å²) in [6.45, 7) is 0.830. The maximum Gasteiger partial charge on any atom is -0.369 e. The van der Waals surface area contributed by atoms with Gasteiger partial charge in [-0.3, -0.25) is 0 Å². The molecule has 7 heteroatoms. The molecule has 0 aromatic carbocycles. The monoisotopic (exact) mass is 330 g/mol. The molecule has 1 heterocycles. The molecular weight excluding hydrogens is 316 g/mol.